The molecule has 7 heteroatoms. The molecular formula is C24H24N2O5. The number of fused-ring (bicyclic) bond motifs is 1. The molecule has 2 fully saturated rings. The van der Waals surface area contributed by atoms with Gasteiger partial charge < -0.3 is 10.1 Å². The molecule has 160 valence electrons. The number of amides is 3. The summed E-state index contributed by atoms with van der Waals surface area (Å²) in [5.74, 6) is -1.46. The molecule has 2 aromatic carbocycles. The van der Waals surface area contributed by atoms with Gasteiger partial charge in [-0.3, -0.25) is 19.3 Å². The minimum atomic E-state index is -0.656. The quantitative estimate of drug-likeness (QED) is 0.591. The maximum absolute atomic E-state index is 12.8. The van der Waals surface area contributed by atoms with E-state index < -0.39 is 18.5 Å². The average Bonchev–Trinajstić information content (AvgIpc) is 3.02. The van der Waals surface area contributed by atoms with Gasteiger partial charge >= 0.3 is 5.97 Å². The van der Waals surface area contributed by atoms with E-state index in [1.165, 1.54) is 17.0 Å². The standard InChI is InChI=1S/C24H24N2O5/c1-15-7-12-19-20(13-15)23(29)26(22(19)28)18-10-8-16(9-11-18)24(30)31-14-21(27)25-17-5-3-2-4-6-17/h2-6,8-11,15,19-20H,7,12-14H2,1H3,(H,25,27)/t15-,19+,20+/m1/s1. The van der Waals surface area contributed by atoms with E-state index in [-0.39, 0.29) is 29.2 Å². The van der Waals surface area contributed by atoms with Gasteiger partial charge in [-0.15, -0.1) is 0 Å². The molecule has 0 radical (unpaired) electrons. The van der Waals surface area contributed by atoms with Crippen molar-refractivity contribution in [3.05, 3.63) is 60.2 Å². The highest BCUT2D eigenvalue weighted by Crippen LogP contribution is 2.42. The van der Waals surface area contributed by atoms with Crippen LogP contribution in [0, 0.1) is 17.8 Å². The van der Waals surface area contributed by atoms with E-state index >= 15 is 0 Å². The third-order valence-electron chi connectivity index (χ3n) is 5.94. The molecule has 0 aromatic heterocycles. The molecular weight excluding hydrogens is 396 g/mol. The number of imide groups is 1. The molecule has 0 spiro atoms. The molecule has 4 rings (SSSR count). The first-order valence-corrected chi connectivity index (χ1v) is 10.4. The number of anilines is 2. The number of ether oxygens (including phenoxy) is 1. The highest BCUT2D eigenvalue weighted by atomic mass is 16.5. The van der Waals surface area contributed by atoms with Gasteiger partial charge in [-0.25, -0.2) is 4.79 Å². The summed E-state index contributed by atoms with van der Waals surface area (Å²) in [6.45, 7) is 1.69. The van der Waals surface area contributed by atoms with E-state index in [0.717, 1.165) is 19.3 Å². The minimum absolute atomic E-state index is 0.158. The summed E-state index contributed by atoms with van der Waals surface area (Å²) >= 11 is 0. The van der Waals surface area contributed by atoms with Gasteiger partial charge in [0.15, 0.2) is 6.61 Å². The summed E-state index contributed by atoms with van der Waals surface area (Å²) < 4.78 is 5.06. The van der Waals surface area contributed by atoms with Crippen molar-refractivity contribution >= 4 is 35.1 Å². The monoisotopic (exact) mass is 420 g/mol. The lowest BCUT2D eigenvalue weighted by Crippen LogP contribution is -2.30. The van der Waals surface area contributed by atoms with Crippen LogP contribution in [0.3, 0.4) is 0 Å². The van der Waals surface area contributed by atoms with E-state index in [1.807, 2.05) is 6.07 Å². The SMILES string of the molecule is C[C@@H]1CC[C@@H]2C(=O)N(c3ccc(C(=O)OCC(=O)Nc4ccccc4)cc3)C(=O)[C@H]2C1. The van der Waals surface area contributed by atoms with Gasteiger partial charge in [0.2, 0.25) is 11.8 Å². The van der Waals surface area contributed by atoms with Gasteiger partial charge in [-0.05, 0) is 61.6 Å². The zero-order valence-electron chi connectivity index (χ0n) is 17.2. The molecule has 2 aromatic rings. The van der Waals surface area contributed by atoms with Crippen molar-refractivity contribution in [3.8, 4) is 0 Å². The van der Waals surface area contributed by atoms with Crippen molar-refractivity contribution in [2.45, 2.75) is 26.2 Å². The maximum Gasteiger partial charge on any atom is 0.338 e. The van der Waals surface area contributed by atoms with Crippen molar-refractivity contribution < 1.29 is 23.9 Å². The van der Waals surface area contributed by atoms with Crippen LogP contribution in [0.4, 0.5) is 11.4 Å². The van der Waals surface area contributed by atoms with Crippen LogP contribution in [0.2, 0.25) is 0 Å². The van der Waals surface area contributed by atoms with Crippen LogP contribution in [0.5, 0.6) is 0 Å². The Bertz CT molecular complexity index is 1000. The molecule has 3 amide bonds. The summed E-state index contributed by atoms with van der Waals surface area (Å²) in [6, 6.07) is 15.0. The van der Waals surface area contributed by atoms with Crippen LogP contribution < -0.4 is 10.2 Å². The van der Waals surface area contributed by atoms with Crippen LogP contribution in [0.15, 0.2) is 54.6 Å². The molecule has 7 nitrogen and oxygen atoms in total. The van der Waals surface area contributed by atoms with Gasteiger partial charge in [0.1, 0.15) is 0 Å². The Hall–Kier alpha value is -3.48. The lowest BCUT2D eigenvalue weighted by Gasteiger charge is -2.25. The van der Waals surface area contributed by atoms with Gasteiger partial charge in [-0.2, -0.15) is 0 Å². The van der Waals surface area contributed by atoms with Crippen LogP contribution in [0.1, 0.15) is 36.5 Å². The summed E-state index contributed by atoms with van der Waals surface area (Å²) in [5.41, 5.74) is 1.31. The predicted octanol–water partition coefficient (Wildman–Crippen LogP) is 3.41. The zero-order valence-corrected chi connectivity index (χ0v) is 17.2. The van der Waals surface area contributed by atoms with Crippen LogP contribution >= 0.6 is 0 Å². The van der Waals surface area contributed by atoms with Gasteiger partial charge in [0.05, 0.1) is 23.1 Å². The fraction of sp³-hybridized carbons (Fsp3) is 0.333. The van der Waals surface area contributed by atoms with Crippen LogP contribution in [-0.2, 0) is 19.1 Å². The Morgan fingerprint density at radius 1 is 0.968 bits per heavy atom. The lowest BCUT2D eigenvalue weighted by atomic mass is 9.76. The highest BCUT2D eigenvalue weighted by molar-refractivity contribution is 6.22. The topological polar surface area (TPSA) is 92.8 Å². The van der Waals surface area contributed by atoms with Gasteiger partial charge in [0.25, 0.3) is 5.91 Å². The normalized spacial score (nSPS) is 22.7. The first-order chi connectivity index (χ1) is 14.9. The second-order valence-electron chi connectivity index (χ2n) is 8.18. The first-order valence-electron chi connectivity index (χ1n) is 10.4. The molecule has 1 heterocycles. The molecule has 1 saturated carbocycles. The molecule has 3 atom stereocenters. The second kappa shape index (κ2) is 8.71. The van der Waals surface area contributed by atoms with Gasteiger partial charge in [0, 0.05) is 5.69 Å². The Balaban J connectivity index is 1.36. The second-order valence-corrected chi connectivity index (χ2v) is 8.18. The lowest BCUT2D eigenvalue weighted by molar-refractivity contribution is -0.122. The van der Waals surface area contributed by atoms with Crippen LogP contribution in [0.25, 0.3) is 0 Å². The number of hydrogen-bond donors (Lipinski definition) is 1. The third kappa shape index (κ3) is 4.35. The molecule has 1 aliphatic heterocycles. The van der Waals surface area contributed by atoms with E-state index in [0.29, 0.717) is 17.3 Å². The van der Waals surface area contributed by atoms with Crippen molar-refractivity contribution in [2.24, 2.45) is 17.8 Å². The Kier molecular flexibility index (Phi) is 5.84. The summed E-state index contributed by atoms with van der Waals surface area (Å²) in [7, 11) is 0. The van der Waals surface area contributed by atoms with E-state index in [2.05, 4.69) is 12.2 Å². The summed E-state index contributed by atoms with van der Waals surface area (Å²) in [5, 5.41) is 2.63. The van der Waals surface area contributed by atoms with E-state index in [4.69, 9.17) is 4.74 Å². The average molecular weight is 420 g/mol. The number of nitrogens with zero attached hydrogens (tertiary/aromatic N) is 1. The van der Waals surface area contributed by atoms with Crippen LogP contribution in [-0.4, -0.2) is 30.3 Å². The Labute approximate surface area is 180 Å². The number of carbonyl (C=O) groups is 4. The number of nitrogens with one attached hydrogen (secondary N) is 1. The maximum atomic E-state index is 12.8. The first kappa shape index (κ1) is 20.8. The number of benzene rings is 2. The number of para-hydroxylation sites is 1. The number of hydrogen-bond acceptors (Lipinski definition) is 5. The Morgan fingerprint density at radius 2 is 1.65 bits per heavy atom. The molecule has 2 aliphatic rings. The highest BCUT2D eigenvalue weighted by Gasteiger charge is 2.49. The minimum Gasteiger partial charge on any atom is -0.452 e. The zero-order chi connectivity index (χ0) is 22.0. The number of carbonyl (C=O) groups excluding carboxylic acids is 4. The summed E-state index contributed by atoms with van der Waals surface area (Å²) in [6.07, 6.45) is 2.43. The molecule has 1 saturated heterocycles. The third-order valence-corrected chi connectivity index (χ3v) is 5.94. The molecule has 1 N–H and O–H groups in total. The molecule has 31 heavy (non-hydrogen) atoms. The number of rotatable bonds is 5. The fourth-order valence-corrected chi connectivity index (χ4v) is 4.32. The molecule has 0 unspecified atom stereocenters. The predicted molar refractivity (Wildman–Crippen MR) is 114 cm³/mol. The summed E-state index contributed by atoms with van der Waals surface area (Å²) in [4.78, 5) is 51.0. The smallest absolute Gasteiger partial charge is 0.338 e. The molecule has 0 bridgehead atoms. The van der Waals surface area contributed by atoms with E-state index in [9.17, 15) is 19.2 Å². The van der Waals surface area contributed by atoms with Crippen molar-refractivity contribution in [3.63, 3.8) is 0 Å². The van der Waals surface area contributed by atoms with Crippen molar-refractivity contribution in [1.82, 2.24) is 0 Å². The Morgan fingerprint density at radius 3 is 2.35 bits per heavy atom. The van der Waals surface area contributed by atoms with Gasteiger partial charge in [-0.1, -0.05) is 25.1 Å². The largest absolute Gasteiger partial charge is 0.452 e. The van der Waals surface area contributed by atoms with Crippen molar-refractivity contribution in [2.75, 3.05) is 16.8 Å². The number of esters is 1. The molecule has 1 aliphatic carbocycles. The van der Waals surface area contributed by atoms with Crippen molar-refractivity contribution in [1.29, 1.82) is 0 Å². The fourth-order valence-electron chi connectivity index (χ4n) is 4.32. The van der Waals surface area contributed by atoms with E-state index in [1.54, 1.807) is 36.4 Å².